The van der Waals surface area contributed by atoms with Gasteiger partial charge in [-0.15, -0.1) is 0 Å². The van der Waals surface area contributed by atoms with Gasteiger partial charge in [-0.05, 0) is 25.2 Å². The zero-order chi connectivity index (χ0) is 19.7. The van der Waals surface area contributed by atoms with Crippen molar-refractivity contribution in [2.24, 2.45) is 0 Å². The van der Waals surface area contributed by atoms with E-state index < -0.39 is 24.2 Å². The Morgan fingerprint density at radius 3 is 2.71 bits per heavy atom. The highest BCUT2D eigenvalue weighted by atomic mass is 19.1. The quantitative estimate of drug-likeness (QED) is 0.514. The minimum Gasteiger partial charge on any atom is -0.454 e. The van der Waals surface area contributed by atoms with Crippen molar-refractivity contribution in [3.8, 4) is 0 Å². The van der Waals surface area contributed by atoms with E-state index in [-0.39, 0.29) is 5.56 Å². The van der Waals surface area contributed by atoms with Crippen molar-refractivity contribution in [1.29, 1.82) is 0 Å². The number of pyridine rings is 1. The van der Waals surface area contributed by atoms with Crippen LogP contribution in [0.3, 0.4) is 0 Å². The number of carbonyl (C=O) groups excluding carboxylic acids is 2. The molecule has 4 rings (SSSR count). The molecule has 0 saturated carbocycles. The second-order valence-electron chi connectivity index (χ2n) is 6.90. The maximum atomic E-state index is 13.8. The number of carbonyl (C=O) groups is 2. The molecule has 142 valence electrons. The molecule has 0 unspecified atom stereocenters. The summed E-state index contributed by atoms with van der Waals surface area (Å²) < 4.78 is 19.1. The first-order valence-electron chi connectivity index (χ1n) is 9.08. The van der Waals surface area contributed by atoms with Gasteiger partial charge in [0.15, 0.2) is 6.61 Å². The number of Topliss-reactive ketones (excluding diaryl/α,β-unsaturated/α-hetero) is 1. The lowest BCUT2D eigenvalue weighted by molar-refractivity contribution is 0.0473. The summed E-state index contributed by atoms with van der Waals surface area (Å²) in [6, 6.07) is 13.0. The zero-order valence-electron chi connectivity index (χ0n) is 15.4. The molecular formula is C22H19FN2O3. The van der Waals surface area contributed by atoms with E-state index in [1.54, 1.807) is 6.07 Å². The third-order valence-electron chi connectivity index (χ3n) is 4.95. The topological polar surface area (TPSA) is 59.5 Å². The fraction of sp³-hybridized carbons (Fsp3) is 0.227. The SMILES string of the molecule is CN1CCc2nc3ccccc3c(C(=O)OCC(=O)c3ccccc3F)c2C1. The van der Waals surface area contributed by atoms with E-state index in [1.165, 1.54) is 18.2 Å². The number of nitrogens with zero attached hydrogens (tertiary/aromatic N) is 2. The second kappa shape index (κ2) is 7.48. The van der Waals surface area contributed by atoms with Crippen LogP contribution in [0.4, 0.5) is 4.39 Å². The third-order valence-corrected chi connectivity index (χ3v) is 4.95. The molecule has 0 amide bonds. The number of fused-ring (bicyclic) bond motifs is 2. The molecule has 1 aromatic heterocycles. The fourth-order valence-corrected chi connectivity index (χ4v) is 3.53. The van der Waals surface area contributed by atoms with Crippen LogP contribution in [0, 0.1) is 5.82 Å². The first kappa shape index (κ1) is 18.3. The van der Waals surface area contributed by atoms with E-state index in [0.717, 1.165) is 29.7 Å². The molecule has 0 radical (unpaired) electrons. The maximum Gasteiger partial charge on any atom is 0.339 e. The van der Waals surface area contributed by atoms with Crippen molar-refractivity contribution in [2.45, 2.75) is 13.0 Å². The van der Waals surface area contributed by atoms with E-state index in [1.807, 2.05) is 31.3 Å². The van der Waals surface area contributed by atoms with Gasteiger partial charge < -0.3 is 9.64 Å². The van der Waals surface area contributed by atoms with Crippen molar-refractivity contribution < 1.29 is 18.7 Å². The fourth-order valence-electron chi connectivity index (χ4n) is 3.53. The van der Waals surface area contributed by atoms with Gasteiger partial charge in [-0.1, -0.05) is 30.3 Å². The van der Waals surface area contributed by atoms with Crippen LogP contribution < -0.4 is 0 Å². The Morgan fingerprint density at radius 1 is 1.14 bits per heavy atom. The summed E-state index contributed by atoms with van der Waals surface area (Å²) in [6.07, 6.45) is 0.741. The minimum absolute atomic E-state index is 0.0864. The summed E-state index contributed by atoms with van der Waals surface area (Å²) in [4.78, 5) is 32.0. The Bertz CT molecular complexity index is 1080. The molecule has 5 nitrogen and oxygen atoms in total. The molecule has 0 aliphatic carbocycles. The number of rotatable bonds is 4. The van der Waals surface area contributed by atoms with Gasteiger partial charge in [0.2, 0.25) is 5.78 Å². The van der Waals surface area contributed by atoms with E-state index in [0.29, 0.717) is 17.5 Å². The number of ether oxygens (including phenoxy) is 1. The summed E-state index contributed by atoms with van der Waals surface area (Å²) in [5.74, 6) is -1.79. The predicted octanol–water partition coefficient (Wildman–Crippen LogP) is 3.40. The van der Waals surface area contributed by atoms with E-state index in [2.05, 4.69) is 4.90 Å². The average molecular weight is 378 g/mol. The Morgan fingerprint density at radius 2 is 1.89 bits per heavy atom. The van der Waals surface area contributed by atoms with E-state index in [9.17, 15) is 14.0 Å². The molecule has 3 aromatic rings. The Kier molecular flexibility index (Phi) is 4.88. The van der Waals surface area contributed by atoms with Gasteiger partial charge in [-0.25, -0.2) is 9.18 Å². The van der Waals surface area contributed by atoms with Crippen molar-refractivity contribution in [1.82, 2.24) is 9.88 Å². The van der Waals surface area contributed by atoms with Gasteiger partial charge in [0.05, 0.1) is 16.6 Å². The number of ketones is 1. The molecule has 1 aliphatic rings. The summed E-state index contributed by atoms with van der Waals surface area (Å²) in [6.45, 7) is 0.929. The number of benzene rings is 2. The number of para-hydroxylation sites is 1. The lowest BCUT2D eigenvalue weighted by atomic mass is 9.96. The van der Waals surface area contributed by atoms with E-state index >= 15 is 0 Å². The molecule has 0 fully saturated rings. The molecular weight excluding hydrogens is 359 g/mol. The van der Waals surface area contributed by atoms with Gasteiger partial charge >= 0.3 is 5.97 Å². The Hall–Kier alpha value is -3.12. The summed E-state index contributed by atoms with van der Waals surface area (Å²) in [7, 11) is 1.98. The van der Waals surface area contributed by atoms with Crippen molar-refractivity contribution in [2.75, 3.05) is 20.2 Å². The highest BCUT2D eigenvalue weighted by Gasteiger charge is 2.26. The zero-order valence-corrected chi connectivity index (χ0v) is 15.4. The Labute approximate surface area is 161 Å². The normalized spacial score (nSPS) is 13.9. The summed E-state index contributed by atoms with van der Waals surface area (Å²) >= 11 is 0. The first-order valence-corrected chi connectivity index (χ1v) is 9.08. The van der Waals surface area contributed by atoms with Gasteiger partial charge in [-0.2, -0.15) is 0 Å². The minimum atomic E-state index is -0.628. The Balaban J connectivity index is 1.66. The third kappa shape index (κ3) is 3.39. The number of esters is 1. The number of halogens is 1. The number of hydrogen-bond donors (Lipinski definition) is 0. The average Bonchev–Trinajstić information content (AvgIpc) is 2.70. The maximum absolute atomic E-state index is 13.8. The van der Waals surface area contributed by atoms with Crippen LogP contribution in [0.1, 0.15) is 32.0 Å². The highest BCUT2D eigenvalue weighted by Crippen LogP contribution is 2.28. The van der Waals surface area contributed by atoms with Crippen molar-refractivity contribution in [3.63, 3.8) is 0 Å². The molecule has 2 heterocycles. The van der Waals surface area contributed by atoms with Crippen LogP contribution in [0.5, 0.6) is 0 Å². The van der Waals surface area contributed by atoms with Crippen LogP contribution in [0.15, 0.2) is 48.5 Å². The molecule has 0 bridgehead atoms. The standard InChI is InChI=1S/C22H19FN2O3/c1-25-11-10-19-16(12-25)21(15-7-3-5-9-18(15)24-19)22(27)28-13-20(26)14-6-2-4-8-17(14)23/h2-9H,10-13H2,1H3. The largest absolute Gasteiger partial charge is 0.454 e. The molecule has 0 spiro atoms. The van der Waals surface area contributed by atoms with Gasteiger partial charge in [0.1, 0.15) is 5.82 Å². The van der Waals surface area contributed by atoms with Crippen molar-refractivity contribution >= 4 is 22.7 Å². The molecule has 0 N–H and O–H groups in total. The monoisotopic (exact) mass is 378 g/mol. The van der Waals surface area contributed by atoms with Crippen molar-refractivity contribution in [3.05, 3.63) is 76.7 Å². The van der Waals surface area contributed by atoms with Crippen LogP contribution in [-0.4, -0.2) is 41.8 Å². The van der Waals surface area contributed by atoms with Crippen LogP contribution >= 0.6 is 0 Å². The smallest absolute Gasteiger partial charge is 0.339 e. The molecule has 28 heavy (non-hydrogen) atoms. The molecule has 6 heteroatoms. The molecule has 0 saturated heterocycles. The van der Waals surface area contributed by atoms with Gasteiger partial charge in [-0.3, -0.25) is 9.78 Å². The summed E-state index contributed by atoms with van der Waals surface area (Å²) in [5, 5.41) is 0.694. The molecule has 2 aromatic carbocycles. The number of aromatic nitrogens is 1. The van der Waals surface area contributed by atoms with Crippen LogP contribution in [0.2, 0.25) is 0 Å². The molecule has 1 aliphatic heterocycles. The highest BCUT2D eigenvalue weighted by molar-refractivity contribution is 6.06. The van der Waals surface area contributed by atoms with Crippen LogP contribution in [0.25, 0.3) is 10.9 Å². The number of hydrogen-bond acceptors (Lipinski definition) is 5. The first-order chi connectivity index (χ1) is 13.5. The molecule has 0 atom stereocenters. The van der Waals surface area contributed by atoms with Gasteiger partial charge in [0, 0.05) is 36.2 Å². The lowest BCUT2D eigenvalue weighted by Crippen LogP contribution is -2.30. The lowest BCUT2D eigenvalue weighted by Gasteiger charge is -2.26. The second-order valence-corrected chi connectivity index (χ2v) is 6.90. The number of likely N-dealkylation sites (N-methyl/N-ethyl adjacent to an activating group) is 1. The summed E-state index contributed by atoms with van der Waals surface area (Å²) in [5.41, 5.74) is 2.78. The van der Waals surface area contributed by atoms with Crippen LogP contribution in [-0.2, 0) is 17.7 Å². The van der Waals surface area contributed by atoms with E-state index in [4.69, 9.17) is 9.72 Å². The van der Waals surface area contributed by atoms with Gasteiger partial charge in [0.25, 0.3) is 0 Å². The predicted molar refractivity (Wildman–Crippen MR) is 103 cm³/mol.